The zero-order chi connectivity index (χ0) is 14.4. The van der Waals surface area contributed by atoms with Crippen LogP contribution in [0, 0.1) is 5.92 Å². The lowest BCUT2D eigenvalue weighted by molar-refractivity contribution is 0.141. The lowest BCUT2D eigenvalue weighted by Gasteiger charge is -2.35. The van der Waals surface area contributed by atoms with Gasteiger partial charge in [0.15, 0.2) is 0 Å². The van der Waals surface area contributed by atoms with Gasteiger partial charge in [0, 0.05) is 18.5 Å². The number of benzene rings is 1. The van der Waals surface area contributed by atoms with Crippen molar-refractivity contribution in [1.29, 1.82) is 0 Å². The smallest absolute Gasteiger partial charge is 0.0537 e. The molecular weight excluding hydrogens is 246 g/mol. The number of nitrogens with zero attached hydrogens (tertiary/aromatic N) is 1. The minimum Gasteiger partial charge on any atom is -0.395 e. The molecule has 1 saturated carbocycles. The van der Waals surface area contributed by atoms with Crippen molar-refractivity contribution in [2.24, 2.45) is 5.92 Å². The first-order valence-electron chi connectivity index (χ1n) is 7.99. The van der Waals surface area contributed by atoms with E-state index < -0.39 is 0 Å². The predicted molar refractivity (Wildman–Crippen MR) is 85.0 cm³/mol. The topological polar surface area (TPSA) is 23.5 Å². The van der Waals surface area contributed by atoms with Crippen molar-refractivity contribution in [2.45, 2.75) is 44.4 Å². The number of aliphatic hydroxyl groups is 1. The van der Waals surface area contributed by atoms with Gasteiger partial charge in [-0.3, -0.25) is 0 Å². The molecule has 2 heteroatoms. The summed E-state index contributed by atoms with van der Waals surface area (Å²) < 4.78 is 0. The van der Waals surface area contributed by atoms with Crippen LogP contribution in [0.2, 0.25) is 0 Å². The molecule has 1 aromatic rings. The molecule has 0 aliphatic heterocycles. The van der Waals surface area contributed by atoms with Crippen LogP contribution in [0.1, 0.15) is 44.6 Å². The number of aliphatic hydroxyl groups excluding tert-OH is 1. The Balaban J connectivity index is 1.94. The molecule has 0 saturated heterocycles. The summed E-state index contributed by atoms with van der Waals surface area (Å²) in [5.74, 6) is 0.854. The molecule has 0 heterocycles. The van der Waals surface area contributed by atoms with E-state index in [0.717, 1.165) is 12.5 Å². The Morgan fingerprint density at radius 2 is 1.80 bits per heavy atom. The number of hydrogen-bond donors (Lipinski definition) is 1. The standard InChI is InChI=1S/C18H29NO/c1-18(15-20,17-11-7-4-8-12-17)14-19(2)13-16-9-5-3-6-10-16/h4,7-8,11-12,16,20H,3,5-6,9-10,13-15H2,1-2H3. The zero-order valence-electron chi connectivity index (χ0n) is 13.0. The summed E-state index contributed by atoms with van der Waals surface area (Å²) in [6.45, 7) is 4.46. The van der Waals surface area contributed by atoms with Crippen molar-refractivity contribution in [3.8, 4) is 0 Å². The van der Waals surface area contributed by atoms with Crippen LogP contribution in [0.4, 0.5) is 0 Å². The molecule has 1 aromatic carbocycles. The summed E-state index contributed by atoms with van der Waals surface area (Å²) in [6.07, 6.45) is 6.97. The quantitative estimate of drug-likeness (QED) is 0.859. The predicted octanol–water partition coefficient (Wildman–Crippen LogP) is 3.45. The summed E-state index contributed by atoms with van der Waals surface area (Å²) in [5, 5.41) is 9.87. The molecular formula is C18H29NO. The van der Waals surface area contributed by atoms with E-state index in [1.807, 2.05) is 6.07 Å². The van der Waals surface area contributed by atoms with E-state index in [9.17, 15) is 5.11 Å². The van der Waals surface area contributed by atoms with Crippen molar-refractivity contribution in [3.63, 3.8) is 0 Å². The Hall–Kier alpha value is -0.860. The summed E-state index contributed by atoms with van der Waals surface area (Å²) in [7, 11) is 2.20. The second kappa shape index (κ2) is 7.24. The Morgan fingerprint density at radius 1 is 1.15 bits per heavy atom. The Kier molecular flexibility index (Phi) is 5.62. The van der Waals surface area contributed by atoms with E-state index in [2.05, 4.69) is 43.1 Å². The van der Waals surface area contributed by atoms with Gasteiger partial charge in [-0.25, -0.2) is 0 Å². The molecule has 112 valence electrons. The Labute approximate surface area is 123 Å². The molecule has 2 rings (SSSR count). The first-order chi connectivity index (χ1) is 9.64. The van der Waals surface area contributed by atoms with Gasteiger partial charge in [-0.1, -0.05) is 56.5 Å². The summed E-state index contributed by atoms with van der Waals surface area (Å²) >= 11 is 0. The molecule has 0 bridgehead atoms. The fourth-order valence-corrected chi connectivity index (χ4v) is 3.54. The van der Waals surface area contributed by atoms with Gasteiger partial charge in [0.2, 0.25) is 0 Å². The normalized spacial score (nSPS) is 20.0. The van der Waals surface area contributed by atoms with Gasteiger partial charge >= 0.3 is 0 Å². The molecule has 1 fully saturated rings. The van der Waals surface area contributed by atoms with E-state index >= 15 is 0 Å². The van der Waals surface area contributed by atoms with E-state index in [1.165, 1.54) is 44.2 Å². The maximum Gasteiger partial charge on any atom is 0.0537 e. The molecule has 1 aliphatic rings. The van der Waals surface area contributed by atoms with E-state index in [1.54, 1.807) is 0 Å². The molecule has 0 spiro atoms. The highest BCUT2D eigenvalue weighted by atomic mass is 16.3. The molecule has 1 N–H and O–H groups in total. The second-order valence-corrected chi connectivity index (χ2v) is 6.79. The summed E-state index contributed by atoms with van der Waals surface area (Å²) in [5.41, 5.74) is 1.07. The van der Waals surface area contributed by atoms with Gasteiger partial charge in [0.05, 0.1) is 6.61 Å². The lowest BCUT2D eigenvalue weighted by atomic mass is 9.82. The zero-order valence-corrected chi connectivity index (χ0v) is 13.0. The number of rotatable bonds is 6. The summed E-state index contributed by atoms with van der Waals surface area (Å²) in [6, 6.07) is 10.4. The molecule has 1 unspecified atom stereocenters. The van der Waals surface area contributed by atoms with Gasteiger partial charge in [-0.2, -0.15) is 0 Å². The molecule has 1 aliphatic carbocycles. The molecule has 0 aromatic heterocycles. The molecule has 1 atom stereocenters. The van der Waals surface area contributed by atoms with Crippen LogP contribution in [0.15, 0.2) is 30.3 Å². The van der Waals surface area contributed by atoms with Crippen LogP contribution < -0.4 is 0 Å². The van der Waals surface area contributed by atoms with Crippen LogP contribution >= 0.6 is 0 Å². The van der Waals surface area contributed by atoms with Gasteiger partial charge < -0.3 is 10.0 Å². The maximum absolute atomic E-state index is 9.87. The van der Waals surface area contributed by atoms with Crippen molar-refractivity contribution >= 4 is 0 Å². The minimum absolute atomic E-state index is 0.162. The third kappa shape index (κ3) is 4.07. The average molecular weight is 275 g/mol. The molecule has 0 radical (unpaired) electrons. The average Bonchev–Trinajstić information content (AvgIpc) is 2.49. The van der Waals surface area contributed by atoms with Gasteiger partial charge in [-0.05, 0) is 31.4 Å². The molecule has 20 heavy (non-hydrogen) atoms. The van der Waals surface area contributed by atoms with Crippen LogP contribution in [0.25, 0.3) is 0 Å². The Morgan fingerprint density at radius 3 is 2.40 bits per heavy atom. The third-order valence-corrected chi connectivity index (χ3v) is 4.73. The lowest BCUT2D eigenvalue weighted by Crippen LogP contribution is -2.41. The fraction of sp³-hybridized carbons (Fsp3) is 0.667. The third-order valence-electron chi connectivity index (χ3n) is 4.73. The fourth-order valence-electron chi connectivity index (χ4n) is 3.54. The highest BCUT2D eigenvalue weighted by molar-refractivity contribution is 5.25. The monoisotopic (exact) mass is 275 g/mol. The van der Waals surface area contributed by atoms with Crippen LogP contribution in [-0.2, 0) is 5.41 Å². The van der Waals surface area contributed by atoms with Gasteiger partial charge in [0.1, 0.15) is 0 Å². The number of hydrogen-bond acceptors (Lipinski definition) is 2. The second-order valence-electron chi connectivity index (χ2n) is 6.79. The molecule has 0 amide bonds. The number of likely N-dealkylation sites (N-methyl/N-ethyl adjacent to an activating group) is 1. The Bertz CT molecular complexity index is 386. The van der Waals surface area contributed by atoms with E-state index in [-0.39, 0.29) is 12.0 Å². The van der Waals surface area contributed by atoms with Crippen LogP contribution in [-0.4, -0.2) is 36.8 Å². The summed E-state index contributed by atoms with van der Waals surface area (Å²) in [4.78, 5) is 2.42. The minimum atomic E-state index is -0.162. The van der Waals surface area contributed by atoms with E-state index in [0.29, 0.717) is 0 Å². The van der Waals surface area contributed by atoms with Crippen molar-refractivity contribution in [1.82, 2.24) is 4.90 Å². The highest BCUT2D eigenvalue weighted by Crippen LogP contribution is 2.27. The first kappa shape index (κ1) is 15.5. The van der Waals surface area contributed by atoms with Gasteiger partial charge in [-0.15, -0.1) is 0 Å². The highest BCUT2D eigenvalue weighted by Gasteiger charge is 2.28. The maximum atomic E-state index is 9.87. The SMILES string of the molecule is CN(CC1CCCCC1)CC(C)(CO)c1ccccc1. The van der Waals surface area contributed by atoms with Gasteiger partial charge in [0.25, 0.3) is 0 Å². The van der Waals surface area contributed by atoms with E-state index in [4.69, 9.17) is 0 Å². The van der Waals surface area contributed by atoms with Crippen LogP contribution in [0.5, 0.6) is 0 Å². The van der Waals surface area contributed by atoms with Crippen molar-refractivity contribution in [3.05, 3.63) is 35.9 Å². The van der Waals surface area contributed by atoms with Crippen molar-refractivity contribution in [2.75, 3.05) is 26.7 Å². The first-order valence-corrected chi connectivity index (χ1v) is 7.99. The molecule has 2 nitrogen and oxygen atoms in total. The largest absolute Gasteiger partial charge is 0.395 e. The van der Waals surface area contributed by atoms with Crippen molar-refractivity contribution < 1.29 is 5.11 Å². The van der Waals surface area contributed by atoms with Crippen LogP contribution in [0.3, 0.4) is 0 Å².